The van der Waals surface area contributed by atoms with Crippen LogP contribution in [0.2, 0.25) is 0 Å². The average molecular weight is 409 g/mol. The molecule has 0 aromatic heterocycles. The number of hydrogen-bond donors (Lipinski definition) is 2. The molecule has 2 aromatic rings. The van der Waals surface area contributed by atoms with Gasteiger partial charge in [0, 0.05) is 0 Å². The van der Waals surface area contributed by atoms with Crippen LogP contribution in [0.4, 0.5) is 0 Å². The minimum absolute atomic E-state index is 0.00631. The van der Waals surface area contributed by atoms with E-state index in [0.717, 1.165) is 0 Å². The average Bonchev–Trinajstić information content (AvgIpc) is 2.67. The molecule has 0 amide bonds. The van der Waals surface area contributed by atoms with Crippen LogP contribution >= 0.6 is 0 Å². The van der Waals surface area contributed by atoms with Crippen LogP contribution in [0, 0.1) is 0 Å². The van der Waals surface area contributed by atoms with Crippen molar-refractivity contribution in [3.63, 3.8) is 0 Å². The molecule has 0 bridgehead atoms. The lowest BCUT2D eigenvalue weighted by molar-refractivity contribution is -0.137. The second kappa shape index (κ2) is 9.43. The first kappa shape index (κ1) is 21.5. The monoisotopic (exact) mass is 409 g/mol. The van der Waals surface area contributed by atoms with E-state index in [-0.39, 0.29) is 4.90 Å². The van der Waals surface area contributed by atoms with E-state index in [4.69, 9.17) is 14.2 Å². The first-order chi connectivity index (χ1) is 13.3. The van der Waals surface area contributed by atoms with Crippen LogP contribution in [-0.2, 0) is 14.8 Å². The Morgan fingerprint density at radius 1 is 1.07 bits per heavy atom. The van der Waals surface area contributed by atoms with E-state index in [9.17, 15) is 18.3 Å². The summed E-state index contributed by atoms with van der Waals surface area (Å²) in [6, 6.07) is 9.63. The standard InChI is InChI=1S/C19H23NO7S/c1-4-27-14-6-8-15(9-7-14)28(23,24)20-16(12-19(21)22)13-5-10-17(25-2)18(11-13)26-3/h5-11,16,20H,4,12H2,1-3H3,(H,21,22). The predicted octanol–water partition coefficient (Wildman–Crippen LogP) is 2.60. The van der Waals surface area contributed by atoms with Gasteiger partial charge in [-0.25, -0.2) is 13.1 Å². The highest BCUT2D eigenvalue weighted by Gasteiger charge is 2.24. The molecule has 2 N–H and O–H groups in total. The zero-order chi connectivity index (χ0) is 20.7. The van der Waals surface area contributed by atoms with Crippen molar-refractivity contribution in [3.8, 4) is 17.2 Å². The number of nitrogens with one attached hydrogen (secondary N) is 1. The number of carboxylic acids is 1. The smallest absolute Gasteiger partial charge is 0.305 e. The molecule has 8 nitrogen and oxygen atoms in total. The summed E-state index contributed by atoms with van der Waals surface area (Å²) >= 11 is 0. The fourth-order valence-corrected chi connectivity index (χ4v) is 3.83. The zero-order valence-electron chi connectivity index (χ0n) is 15.8. The molecule has 0 radical (unpaired) electrons. The molecule has 28 heavy (non-hydrogen) atoms. The topological polar surface area (TPSA) is 111 Å². The van der Waals surface area contributed by atoms with Gasteiger partial charge in [-0.3, -0.25) is 4.79 Å². The number of sulfonamides is 1. The maximum Gasteiger partial charge on any atom is 0.305 e. The van der Waals surface area contributed by atoms with Gasteiger partial charge in [-0.1, -0.05) is 6.07 Å². The van der Waals surface area contributed by atoms with Crippen LogP contribution in [0.15, 0.2) is 47.4 Å². The van der Waals surface area contributed by atoms with Crippen molar-refractivity contribution in [1.29, 1.82) is 0 Å². The molecule has 0 spiro atoms. The molecule has 2 aromatic carbocycles. The Balaban J connectivity index is 2.34. The fraction of sp³-hybridized carbons (Fsp3) is 0.316. The van der Waals surface area contributed by atoms with Crippen LogP contribution < -0.4 is 18.9 Å². The summed E-state index contributed by atoms with van der Waals surface area (Å²) in [4.78, 5) is 11.3. The van der Waals surface area contributed by atoms with Crippen molar-refractivity contribution in [2.24, 2.45) is 0 Å². The highest BCUT2D eigenvalue weighted by molar-refractivity contribution is 7.89. The molecule has 1 atom stereocenters. The van der Waals surface area contributed by atoms with E-state index in [0.29, 0.717) is 29.4 Å². The van der Waals surface area contributed by atoms with E-state index in [1.54, 1.807) is 30.3 Å². The van der Waals surface area contributed by atoms with Gasteiger partial charge in [0.05, 0.1) is 38.2 Å². The lowest BCUT2D eigenvalue weighted by Crippen LogP contribution is -2.30. The molecule has 0 fully saturated rings. The molecule has 0 saturated heterocycles. The molecule has 1 unspecified atom stereocenters. The molecule has 152 valence electrons. The zero-order valence-corrected chi connectivity index (χ0v) is 16.7. The summed E-state index contributed by atoms with van der Waals surface area (Å²) in [6.45, 7) is 2.29. The fourth-order valence-electron chi connectivity index (χ4n) is 2.61. The minimum Gasteiger partial charge on any atom is -0.494 e. The third kappa shape index (κ3) is 5.37. The Labute approximate surface area is 164 Å². The van der Waals surface area contributed by atoms with Gasteiger partial charge in [0.2, 0.25) is 10.0 Å². The summed E-state index contributed by atoms with van der Waals surface area (Å²) in [5, 5.41) is 9.23. The lowest BCUT2D eigenvalue weighted by Gasteiger charge is -2.19. The number of benzene rings is 2. The van der Waals surface area contributed by atoms with Crippen molar-refractivity contribution in [2.45, 2.75) is 24.3 Å². The van der Waals surface area contributed by atoms with E-state index in [1.807, 2.05) is 6.92 Å². The second-order valence-corrected chi connectivity index (χ2v) is 7.50. The van der Waals surface area contributed by atoms with Gasteiger partial charge in [0.25, 0.3) is 0 Å². The molecule has 9 heteroatoms. The summed E-state index contributed by atoms with van der Waals surface area (Å²) in [5.41, 5.74) is 0.439. The van der Waals surface area contributed by atoms with Gasteiger partial charge in [-0.15, -0.1) is 0 Å². The van der Waals surface area contributed by atoms with E-state index in [2.05, 4.69) is 4.72 Å². The number of ether oxygens (including phenoxy) is 3. The number of carbonyl (C=O) groups is 1. The van der Waals surface area contributed by atoms with Gasteiger partial charge >= 0.3 is 5.97 Å². The van der Waals surface area contributed by atoms with Crippen LogP contribution in [0.5, 0.6) is 17.2 Å². The SMILES string of the molecule is CCOc1ccc(S(=O)(=O)NC(CC(=O)O)c2ccc(OC)c(OC)c2)cc1. The van der Waals surface area contributed by atoms with Crippen molar-refractivity contribution in [1.82, 2.24) is 4.72 Å². The van der Waals surface area contributed by atoms with Crippen LogP contribution in [0.3, 0.4) is 0 Å². The van der Waals surface area contributed by atoms with Crippen molar-refractivity contribution in [2.75, 3.05) is 20.8 Å². The summed E-state index contributed by atoms with van der Waals surface area (Å²) < 4.78 is 43.6. The summed E-state index contributed by atoms with van der Waals surface area (Å²) in [6.07, 6.45) is -0.439. The Kier molecular flexibility index (Phi) is 7.24. The van der Waals surface area contributed by atoms with Gasteiger partial charge in [-0.2, -0.15) is 0 Å². The highest BCUT2D eigenvalue weighted by Crippen LogP contribution is 2.31. The number of rotatable bonds is 10. The third-order valence-electron chi connectivity index (χ3n) is 3.93. The second-order valence-electron chi connectivity index (χ2n) is 5.79. The van der Waals surface area contributed by atoms with Crippen LogP contribution in [0.1, 0.15) is 24.9 Å². The van der Waals surface area contributed by atoms with E-state index >= 15 is 0 Å². The van der Waals surface area contributed by atoms with Crippen LogP contribution in [-0.4, -0.2) is 40.3 Å². The Morgan fingerprint density at radius 3 is 2.25 bits per heavy atom. The Bertz CT molecular complexity index is 910. The first-order valence-corrected chi connectivity index (χ1v) is 9.98. The largest absolute Gasteiger partial charge is 0.494 e. The van der Waals surface area contributed by atoms with Gasteiger partial charge in [0.15, 0.2) is 11.5 Å². The third-order valence-corrected chi connectivity index (χ3v) is 5.42. The van der Waals surface area contributed by atoms with Crippen molar-refractivity contribution < 1.29 is 32.5 Å². The van der Waals surface area contributed by atoms with Gasteiger partial charge in [-0.05, 0) is 48.9 Å². The van der Waals surface area contributed by atoms with E-state index < -0.39 is 28.5 Å². The maximum absolute atomic E-state index is 12.7. The first-order valence-electron chi connectivity index (χ1n) is 8.49. The number of methoxy groups -OCH3 is 2. The molecule has 0 aliphatic carbocycles. The lowest BCUT2D eigenvalue weighted by atomic mass is 10.0. The molecular weight excluding hydrogens is 386 g/mol. The Morgan fingerprint density at radius 2 is 1.71 bits per heavy atom. The molecular formula is C19H23NO7S. The molecule has 0 aliphatic rings. The number of carboxylic acid groups (broad SMARTS) is 1. The summed E-state index contributed by atoms with van der Waals surface area (Å²) in [5.74, 6) is 0.225. The predicted molar refractivity (Wildman–Crippen MR) is 102 cm³/mol. The number of aliphatic carboxylic acids is 1. The highest BCUT2D eigenvalue weighted by atomic mass is 32.2. The van der Waals surface area contributed by atoms with Gasteiger partial charge < -0.3 is 19.3 Å². The molecule has 0 heterocycles. The molecule has 0 aliphatic heterocycles. The minimum atomic E-state index is -3.96. The van der Waals surface area contributed by atoms with Gasteiger partial charge in [0.1, 0.15) is 5.75 Å². The molecule has 2 rings (SSSR count). The molecule has 0 saturated carbocycles. The van der Waals surface area contributed by atoms with Crippen LogP contribution in [0.25, 0.3) is 0 Å². The quantitative estimate of drug-likeness (QED) is 0.620. The normalized spacial score (nSPS) is 12.2. The summed E-state index contributed by atoms with van der Waals surface area (Å²) in [7, 11) is -1.05. The Hall–Kier alpha value is -2.78. The number of hydrogen-bond acceptors (Lipinski definition) is 6. The maximum atomic E-state index is 12.7. The van der Waals surface area contributed by atoms with E-state index in [1.165, 1.54) is 26.4 Å². The van der Waals surface area contributed by atoms with Crippen molar-refractivity contribution >= 4 is 16.0 Å². The van der Waals surface area contributed by atoms with Crippen molar-refractivity contribution in [3.05, 3.63) is 48.0 Å².